The van der Waals surface area contributed by atoms with Crippen molar-refractivity contribution in [1.29, 1.82) is 0 Å². The molecule has 2 unspecified atom stereocenters. The van der Waals surface area contributed by atoms with Gasteiger partial charge in [-0.3, -0.25) is 14.3 Å². The second-order valence-electron chi connectivity index (χ2n) is 6.42. The molecule has 186 valence electrons. The first-order chi connectivity index (χ1) is 15.1. The molecular weight excluding hydrogens is 535 g/mol. The summed E-state index contributed by atoms with van der Waals surface area (Å²) >= 11 is 4.52. The number of aliphatic hydroxyl groups excluding tert-OH is 1. The van der Waals surface area contributed by atoms with Crippen molar-refractivity contribution in [2.24, 2.45) is 0 Å². The van der Waals surface area contributed by atoms with Crippen LogP contribution in [0.25, 0.3) is 11.2 Å². The van der Waals surface area contributed by atoms with Crippen molar-refractivity contribution in [2.45, 2.75) is 24.5 Å². The van der Waals surface area contributed by atoms with Crippen LogP contribution in [0, 0.1) is 0 Å². The van der Waals surface area contributed by atoms with Crippen molar-refractivity contribution in [2.75, 3.05) is 19.5 Å². The number of hydrogen-bond donors (Lipinski definition) is 7. The van der Waals surface area contributed by atoms with E-state index in [0.717, 1.165) is 0 Å². The van der Waals surface area contributed by atoms with Crippen LogP contribution in [0.1, 0.15) is 6.23 Å². The fourth-order valence-electron chi connectivity index (χ4n) is 2.94. The number of aromatic amines is 1. The van der Waals surface area contributed by atoms with Crippen molar-refractivity contribution < 1.29 is 56.4 Å². The van der Waals surface area contributed by atoms with E-state index in [0.29, 0.717) is 0 Å². The average Bonchev–Trinajstić information content (AvgIpc) is 3.17. The van der Waals surface area contributed by atoms with Gasteiger partial charge in [0.1, 0.15) is 18.3 Å². The zero-order valence-electron chi connectivity index (χ0n) is 16.3. The highest BCUT2D eigenvalue weighted by Gasteiger charge is 2.47. The first-order valence-corrected chi connectivity index (χ1v) is 14.1. The highest BCUT2D eigenvalue weighted by atomic mass is 32.5. The lowest BCUT2D eigenvalue weighted by molar-refractivity contribution is -0.0567. The summed E-state index contributed by atoms with van der Waals surface area (Å²) in [7, 11) is -9.71. The van der Waals surface area contributed by atoms with Gasteiger partial charge in [-0.1, -0.05) is 0 Å². The molecule has 22 heteroatoms. The number of nitrogens with two attached hydrogens (primary N) is 1. The van der Waals surface area contributed by atoms with E-state index in [1.165, 1.54) is 18.0 Å². The van der Waals surface area contributed by atoms with Crippen LogP contribution >= 0.6 is 22.4 Å². The van der Waals surface area contributed by atoms with Crippen LogP contribution in [0.5, 0.6) is 0 Å². The second-order valence-corrected chi connectivity index (χ2v) is 12.2. The summed E-state index contributed by atoms with van der Waals surface area (Å²) in [6.07, 6.45) is -3.68. The molecule has 2 aromatic rings. The molecule has 3 rings (SSSR count). The van der Waals surface area contributed by atoms with Crippen LogP contribution in [0.3, 0.4) is 0 Å². The number of imidazole rings is 1. The smallest absolute Gasteiger partial charge is 0.387 e. The molecule has 3 heterocycles. The minimum absolute atomic E-state index is 0.0171. The first-order valence-electron chi connectivity index (χ1n) is 8.49. The first kappa shape index (κ1) is 26.5. The molecule has 0 saturated carbocycles. The minimum atomic E-state index is -5.50. The zero-order valence-corrected chi connectivity index (χ0v) is 19.8. The number of nitrogens with one attached hydrogen (secondary N) is 1. The van der Waals surface area contributed by atoms with Gasteiger partial charge >= 0.3 is 22.4 Å². The van der Waals surface area contributed by atoms with E-state index in [1.54, 1.807) is 0 Å². The number of rotatable bonds is 9. The van der Waals surface area contributed by atoms with E-state index in [-0.39, 0.29) is 17.1 Å². The van der Waals surface area contributed by atoms with E-state index in [2.05, 4.69) is 35.4 Å². The van der Waals surface area contributed by atoms with Crippen LogP contribution in [-0.2, 0) is 43.6 Å². The van der Waals surface area contributed by atoms with E-state index in [4.69, 9.17) is 29.5 Å². The van der Waals surface area contributed by atoms with Crippen molar-refractivity contribution in [3.63, 3.8) is 0 Å². The molecular formula is C11H18N5O13P3S. The zero-order chi connectivity index (χ0) is 24.8. The monoisotopic (exact) mass is 553 g/mol. The number of fused-ring (bicyclic) bond motifs is 1. The highest BCUT2D eigenvalue weighted by molar-refractivity contribution is 8.08. The summed E-state index contributed by atoms with van der Waals surface area (Å²) in [5.41, 5.74) is 4.89. The molecule has 0 spiro atoms. The Morgan fingerprint density at radius 3 is 2.58 bits per heavy atom. The quantitative estimate of drug-likeness (QED) is 0.173. The van der Waals surface area contributed by atoms with Gasteiger partial charge in [0.15, 0.2) is 17.4 Å². The van der Waals surface area contributed by atoms with Gasteiger partial charge in [-0.2, -0.15) is 9.29 Å². The minimum Gasteiger partial charge on any atom is -0.387 e. The van der Waals surface area contributed by atoms with Gasteiger partial charge in [0.2, 0.25) is 5.95 Å². The summed E-state index contributed by atoms with van der Waals surface area (Å²) in [5.74, 6) is -0.203. The molecule has 1 saturated heterocycles. The standard InChI is InChI=1S/C11H18N5O13P3S/c1-25-7-6(17)4(2-26-32(24,33)29-31(22,23)28-30(19,20)21)27-10(7)16-3-13-5-8(16)14-11(12)15-9(5)18/h3-4,6-7,10,17H,2H2,1H3,(H,22,23)(H,24,33)(H2,19,20,21)(H3,12,14,15,18)/t4-,6-,7-,10-,32?/m1/s1. The van der Waals surface area contributed by atoms with Gasteiger partial charge in [0.05, 0.1) is 12.9 Å². The number of phosphoric acid groups is 2. The van der Waals surface area contributed by atoms with Gasteiger partial charge in [0, 0.05) is 7.11 Å². The largest absolute Gasteiger partial charge is 0.488 e. The predicted molar refractivity (Wildman–Crippen MR) is 110 cm³/mol. The molecule has 8 N–H and O–H groups in total. The topological polar surface area (TPSA) is 271 Å². The molecule has 2 aromatic heterocycles. The fourth-order valence-corrected chi connectivity index (χ4v) is 6.91. The Morgan fingerprint density at radius 1 is 1.30 bits per heavy atom. The Bertz CT molecular complexity index is 1230. The summed E-state index contributed by atoms with van der Waals surface area (Å²) in [5, 5.41) is 10.5. The number of methoxy groups -OCH3 is 1. The summed E-state index contributed by atoms with van der Waals surface area (Å²) in [6, 6.07) is 0. The molecule has 0 aliphatic carbocycles. The number of aromatic nitrogens is 4. The van der Waals surface area contributed by atoms with E-state index in [9.17, 15) is 28.8 Å². The molecule has 1 aliphatic rings. The number of nitrogen functional groups attached to an aromatic ring is 1. The SMILES string of the molecule is CO[C@@H]1[C@H](O)[C@@H](COP(O)(=S)OP(=O)(O)OP(=O)(O)O)O[C@H]1n1cnc2c(=O)[nH]c(N)nc21. The van der Waals surface area contributed by atoms with Gasteiger partial charge in [-0.15, -0.1) is 0 Å². The molecule has 1 aliphatic heterocycles. The maximum Gasteiger partial charge on any atom is 0.488 e. The lowest BCUT2D eigenvalue weighted by atomic mass is 10.1. The third kappa shape index (κ3) is 6.30. The molecule has 0 amide bonds. The summed E-state index contributed by atoms with van der Waals surface area (Å²) in [4.78, 5) is 58.6. The Balaban J connectivity index is 1.76. The Labute approximate surface area is 188 Å². The number of ether oxygens (including phenoxy) is 2. The molecule has 0 bridgehead atoms. The van der Waals surface area contributed by atoms with Gasteiger partial charge < -0.3 is 44.4 Å². The average molecular weight is 553 g/mol. The van der Waals surface area contributed by atoms with Crippen LogP contribution < -0.4 is 11.3 Å². The van der Waals surface area contributed by atoms with Crippen LogP contribution in [0.4, 0.5) is 5.95 Å². The van der Waals surface area contributed by atoms with E-state index < -0.39 is 59.1 Å². The highest BCUT2D eigenvalue weighted by Crippen LogP contribution is 2.66. The fraction of sp³-hybridized carbons (Fsp3) is 0.545. The summed E-state index contributed by atoms with van der Waals surface area (Å²) in [6.45, 7) is -5.33. The number of anilines is 1. The number of hydrogen-bond acceptors (Lipinski definition) is 13. The van der Waals surface area contributed by atoms with Crippen LogP contribution in [-0.4, -0.2) is 76.2 Å². The molecule has 1 fully saturated rings. The lowest BCUT2D eigenvalue weighted by Gasteiger charge is -2.21. The lowest BCUT2D eigenvalue weighted by Crippen LogP contribution is -2.35. The normalized spacial score (nSPS) is 27.5. The molecule has 6 atom stereocenters. The van der Waals surface area contributed by atoms with Crippen molar-refractivity contribution in [1.82, 2.24) is 19.5 Å². The maximum absolute atomic E-state index is 12.0. The third-order valence-electron chi connectivity index (χ3n) is 4.13. The summed E-state index contributed by atoms with van der Waals surface area (Å²) < 4.78 is 47.0. The van der Waals surface area contributed by atoms with Crippen LogP contribution in [0.15, 0.2) is 11.1 Å². The van der Waals surface area contributed by atoms with Gasteiger partial charge in [0.25, 0.3) is 5.56 Å². The van der Waals surface area contributed by atoms with Gasteiger partial charge in [-0.05, 0) is 11.8 Å². The number of H-pyrrole nitrogens is 1. The Morgan fingerprint density at radius 2 is 1.97 bits per heavy atom. The second kappa shape index (κ2) is 9.49. The molecule has 0 aromatic carbocycles. The Hall–Kier alpha value is -1.14. The molecule has 33 heavy (non-hydrogen) atoms. The third-order valence-corrected chi connectivity index (χ3v) is 8.85. The van der Waals surface area contributed by atoms with E-state index in [1.807, 2.05) is 0 Å². The van der Waals surface area contributed by atoms with Crippen LogP contribution in [0.2, 0.25) is 0 Å². The molecule has 0 radical (unpaired) electrons. The van der Waals surface area contributed by atoms with Crippen molar-refractivity contribution in [3.8, 4) is 0 Å². The van der Waals surface area contributed by atoms with Crippen molar-refractivity contribution in [3.05, 3.63) is 16.7 Å². The Kier molecular flexibility index (Phi) is 7.61. The molecule has 18 nitrogen and oxygen atoms in total. The van der Waals surface area contributed by atoms with Gasteiger partial charge in [-0.25, -0.2) is 18.4 Å². The van der Waals surface area contributed by atoms with E-state index >= 15 is 0 Å². The maximum atomic E-state index is 12.0. The number of nitrogens with zero attached hydrogens (tertiary/aromatic N) is 3. The predicted octanol–water partition coefficient (Wildman–Crippen LogP) is -1.57. The van der Waals surface area contributed by atoms with Crippen molar-refractivity contribution >= 4 is 51.3 Å². The number of aliphatic hydroxyl groups is 1.